The highest BCUT2D eigenvalue weighted by Gasteiger charge is 2.11. The zero-order valence-corrected chi connectivity index (χ0v) is 10.4. The Balaban J connectivity index is 2.68. The summed E-state index contributed by atoms with van der Waals surface area (Å²) >= 11 is 0. The first-order valence-electron chi connectivity index (χ1n) is 5.40. The van der Waals surface area contributed by atoms with Gasteiger partial charge in [-0.2, -0.15) is 0 Å². The monoisotopic (exact) mass is 237 g/mol. The summed E-state index contributed by atoms with van der Waals surface area (Å²) < 4.78 is 0. The Kier molecular flexibility index (Phi) is 4.86. The van der Waals surface area contributed by atoms with Crippen LogP contribution < -0.4 is 16.6 Å². The van der Waals surface area contributed by atoms with E-state index in [2.05, 4.69) is 15.7 Å². The lowest BCUT2D eigenvalue weighted by Gasteiger charge is -2.12. The number of hydrogen-bond acceptors (Lipinski definition) is 5. The number of likely N-dealkylation sites (N-methyl/N-ethyl adjacent to an activating group) is 1. The van der Waals surface area contributed by atoms with E-state index >= 15 is 0 Å². The molecule has 0 unspecified atom stereocenters. The van der Waals surface area contributed by atoms with Crippen molar-refractivity contribution in [2.45, 2.75) is 6.92 Å². The Bertz CT molecular complexity index is 391. The smallest absolute Gasteiger partial charge is 0.255 e. The molecular weight excluding hydrogens is 218 g/mol. The standard InChI is InChI=1S/C11H19N5O/c1-8-6-10(15-12)9(7-14-8)11(17)13-4-5-16(2)3/h6-7H,4-5,12H2,1-3H3,(H,13,17)(H,14,15). The lowest BCUT2D eigenvalue weighted by atomic mass is 10.2. The van der Waals surface area contributed by atoms with Crippen LogP contribution in [0, 0.1) is 6.92 Å². The Morgan fingerprint density at radius 1 is 1.53 bits per heavy atom. The molecule has 0 aromatic carbocycles. The number of nitrogen functional groups attached to an aromatic ring is 1. The van der Waals surface area contributed by atoms with Gasteiger partial charge in [-0.15, -0.1) is 0 Å². The van der Waals surface area contributed by atoms with Gasteiger partial charge in [0.2, 0.25) is 0 Å². The maximum atomic E-state index is 11.9. The predicted octanol–water partition coefficient (Wildman–Crippen LogP) is -0.0330. The number of nitrogens with zero attached hydrogens (tertiary/aromatic N) is 2. The molecule has 1 rings (SSSR count). The van der Waals surface area contributed by atoms with Crippen molar-refractivity contribution in [2.24, 2.45) is 5.84 Å². The van der Waals surface area contributed by atoms with Crippen molar-refractivity contribution >= 4 is 11.6 Å². The summed E-state index contributed by atoms with van der Waals surface area (Å²) in [6.45, 7) is 3.22. The molecule has 0 fully saturated rings. The second-order valence-electron chi connectivity index (χ2n) is 4.07. The number of hydrazine groups is 1. The van der Waals surface area contributed by atoms with Crippen molar-refractivity contribution in [3.8, 4) is 0 Å². The van der Waals surface area contributed by atoms with Gasteiger partial charge in [0, 0.05) is 25.0 Å². The summed E-state index contributed by atoms with van der Waals surface area (Å²) in [5, 5.41) is 2.81. The van der Waals surface area contributed by atoms with E-state index in [9.17, 15) is 4.79 Å². The number of nitrogens with one attached hydrogen (secondary N) is 2. The van der Waals surface area contributed by atoms with Crippen molar-refractivity contribution in [3.05, 3.63) is 23.5 Å². The summed E-state index contributed by atoms with van der Waals surface area (Å²) in [4.78, 5) is 17.9. The predicted molar refractivity (Wildman–Crippen MR) is 67.7 cm³/mol. The van der Waals surface area contributed by atoms with E-state index in [4.69, 9.17) is 5.84 Å². The molecule has 1 amide bonds. The molecule has 1 heterocycles. The van der Waals surface area contributed by atoms with E-state index in [-0.39, 0.29) is 5.91 Å². The van der Waals surface area contributed by atoms with Crippen LogP contribution >= 0.6 is 0 Å². The third-order valence-electron chi connectivity index (χ3n) is 2.29. The zero-order valence-electron chi connectivity index (χ0n) is 10.4. The molecular formula is C11H19N5O. The molecule has 94 valence electrons. The number of nitrogens with two attached hydrogens (primary N) is 1. The number of hydrogen-bond donors (Lipinski definition) is 3. The number of carbonyl (C=O) groups is 1. The third-order valence-corrected chi connectivity index (χ3v) is 2.29. The van der Waals surface area contributed by atoms with Crippen molar-refractivity contribution in [2.75, 3.05) is 32.6 Å². The van der Waals surface area contributed by atoms with E-state index in [1.54, 1.807) is 6.07 Å². The van der Waals surface area contributed by atoms with E-state index in [1.807, 2.05) is 25.9 Å². The van der Waals surface area contributed by atoms with Gasteiger partial charge in [0.1, 0.15) is 0 Å². The van der Waals surface area contributed by atoms with E-state index in [0.29, 0.717) is 17.8 Å². The number of carbonyl (C=O) groups excluding carboxylic acids is 1. The fourth-order valence-electron chi connectivity index (χ4n) is 1.35. The summed E-state index contributed by atoms with van der Waals surface area (Å²) in [5.41, 5.74) is 4.35. The van der Waals surface area contributed by atoms with Gasteiger partial charge in [-0.1, -0.05) is 0 Å². The fourth-order valence-corrected chi connectivity index (χ4v) is 1.35. The number of pyridine rings is 1. The average molecular weight is 237 g/mol. The van der Waals surface area contributed by atoms with Gasteiger partial charge in [0.25, 0.3) is 5.91 Å². The Labute approximate surface area is 101 Å². The molecule has 0 bridgehead atoms. The van der Waals surface area contributed by atoms with E-state index in [1.165, 1.54) is 6.20 Å². The number of amides is 1. The first-order chi connectivity index (χ1) is 8.04. The maximum Gasteiger partial charge on any atom is 0.255 e. The molecule has 0 saturated heterocycles. The SMILES string of the molecule is Cc1cc(NN)c(C(=O)NCCN(C)C)cn1. The van der Waals surface area contributed by atoms with Crippen molar-refractivity contribution in [1.82, 2.24) is 15.2 Å². The van der Waals surface area contributed by atoms with Crippen LogP contribution in [0.4, 0.5) is 5.69 Å². The van der Waals surface area contributed by atoms with Gasteiger partial charge in [-0.05, 0) is 27.1 Å². The van der Waals surface area contributed by atoms with Crippen LogP contribution in [-0.2, 0) is 0 Å². The second kappa shape index (κ2) is 6.17. The zero-order chi connectivity index (χ0) is 12.8. The minimum Gasteiger partial charge on any atom is -0.351 e. The van der Waals surface area contributed by atoms with Crippen molar-refractivity contribution in [1.29, 1.82) is 0 Å². The Morgan fingerprint density at radius 2 is 2.24 bits per heavy atom. The summed E-state index contributed by atoms with van der Waals surface area (Å²) in [5.74, 6) is 5.19. The first-order valence-corrected chi connectivity index (χ1v) is 5.40. The Hall–Kier alpha value is -1.66. The molecule has 1 aromatic rings. The minimum absolute atomic E-state index is 0.174. The van der Waals surface area contributed by atoms with Gasteiger partial charge in [-0.3, -0.25) is 15.6 Å². The highest BCUT2D eigenvalue weighted by molar-refractivity contribution is 5.99. The van der Waals surface area contributed by atoms with E-state index in [0.717, 1.165) is 12.2 Å². The molecule has 0 atom stereocenters. The van der Waals surface area contributed by atoms with Crippen LogP contribution in [-0.4, -0.2) is 43.0 Å². The van der Waals surface area contributed by atoms with Crippen LogP contribution in [0.25, 0.3) is 0 Å². The molecule has 0 saturated carbocycles. The van der Waals surface area contributed by atoms with Gasteiger partial charge >= 0.3 is 0 Å². The summed E-state index contributed by atoms with van der Waals surface area (Å²) in [6, 6.07) is 1.74. The quantitative estimate of drug-likeness (QED) is 0.494. The molecule has 6 heteroatoms. The molecule has 0 aliphatic carbocycles. The largest absolute Gasteiger partial charge is 0.351 e. The van der Waals surface area contributed by atoms with Crippen LogP contribution in [0.2, 0.25) is 0 Å². The topological polar surface area (TPSA) is 83.3 Å². The van der Waals surface area contributed by atoms with Crippen molar-refractivity contribution in [3.63, 3.8) is 0 Å². The molecule has 0 aliphatic rings. The minimum atomic E-state index is -0.174. The number of aromatic nitrogens is 1. The van der Waals surface area contributed by atoms with E-state index < -0.39 is 0 Å². The second-order valence-corrected chi connectivity index (χ2v) is 4.07. The molecule has 6 nitrogen and oxygen atoms in total. The summed E-state index contributed by atoms with van der Waals surface area (Å²) in [7, 11) is 3.90. The Morgan fingerprint density at radius 3 is 2.82 bits per heavy atom. The van der Waals surface area contributed by atoms with Gasteiger partial charge in [0.15, 0.2) is 0 Å². The summed E-state index contributed by atoms with van der Waals surface area (Å²) in [6.07, 6.45) is 1.52. The lowest BCUT2D eigenvalue weighted by molar-refractivity contribution is 0.0951. The normalized spacial score (nSPS) is 10.4. The van der Waals surface area contributed by atoms with Gasteiger partial charge in [0.05, 0.1) is 11.3 Å². The molecule has 1 aromatic heterocycles. The number of anilines is 1. The maximum absolute atomic E-state index is 11.9. The fraction of sp³-hybridized carbons (Fsp3) is 0.455. The molecule has 4 N–H and O–H groups in total. The van der Waals surface area contributed by atoms with Gasteiger partial charge < -0.3 is 15.6 Å². The van der Waals surface area contributed by atoms with Crippen LogP contribution in [0.15, 0.2) is 12.3 Å². The molecule has 0 spiro atoms. The highest BCUT2D eigenvalue weighted by Crippen LogP contribution is 2.13. The number of rotatable bonds is 5. The van der Waals surface area contributed by atoms with Crippen LogP contribution in [0.3, 0.4) is 0 Å². The first kappa shape index (κ1) is 13.4. The molecule has 17 heavy (non-hydrogen) atoms. The van der Waals surface area contributed by atoms with Crippen molar-refractivity contribution < 1.29 is 4.79 Å². The highest BCUT2D eigenvalue weighted by atomic mass is 16.1. The molecule has 0 radical (unpaired) electrons. The third kappa shape index (κ3) is 4.01. The molecule has 0 aliphatic heterocycles. The lowest BCUT2D eigenvalue weighted by Crippen LogP contribution is -2.32. The van der Waals surface area contributed by atoms with Crippen LogP contribution in [0.1, 0.15) is 16.1 Å². The van der Waals surface area contributed by atoms with Crippen LogP contribution in [0.5, 0.6) is 0 Å². The van der Waals surface area contributed by atoms with Gasteiger partial charge in [-0.25, -0.2) is 0 Å². The number of aryl methyl sites for hydroxylation is 1. The average Bonchev–Trinajstić information content (AvgIpc) is 2.28.